The molecule has 0 saturated heterocycles. The maximum absolute atomic E-state index is 11.3. The highest BCUT2D eigenvalue weighted by Crippen LogP contribution is 2.42. The molecule has 39 heavy (non-hydrogen) atoms. The van der Waals surface area contributed by atoms with Crippen LogP contribution in [-0.2, 0) is 4.79 Å². The van der Waals surface area contributed by atoms with Crippen molar-refractivity contribution in [3.05, 3.63) is 102 Å². The Hall–Kier alpha value is -4.75. The van der Waals surface area contributed by atoms with E-state index in [1.54, 1.807) is 31.0 Å². The first-order valence-corrected chi connectivity index (χ1v) is 12.5. The Bertz CT molecular complexity index is 1630. The van der Waals surface area contributed by atoms with Crippen molar-refractivity contribution < 1.29 is 24.1 Å². The van der Waals surface area contributed by atoms with Gasteiger partial charge < -0.3 is 19.3 Å². The normalized spacial score (nSPS) is 10.7. The fourth-order valence-corrected chi connectivity index (χ4v) is 4.59. The number of ether oxygens (including phenoxy) is 3. The Morgan fingerprint density at radius 3 is 2.33 bits per heavy atom. The molecule has 0 atom stereocenters. The van der Waals surface area contributed by atoms with Crippen LogP contribution in [0.3, 0.4) is 0 Å². The molecule has 0 aliphatic rings. The van der Waals surface area contributed by atoms with E-state index >= 15 is 0 Å². The molecular weight excluding hydrogens is 516 g/mol. The van der Waals surface area contributed by atoms with Gasteiger partial charge in [-0.2, -0.15) is 5.10 Å². The number of nitrogens with zero attached hydrogens (tertiary/aromatic N) is 2. The number of para-hydroxylation sites is 1. The monoisotopic (exact) mass is 540 g/mol. The molecule has 196 valence electrons. The van der Waals surface area contributed by atoms with Crippen LogP contribution in [-0.4, -0.2) is 41.7 Å². The molecule has 5 aromatic rings. The number of methoxy groups -OCH3 is 2. The van der Waals surface area contributed by atoms with Gasteiger partial charge in [-0.05, 0) is 59.7 Å². The summed E-state index contributed by atoms with van der Waals surface area (Å²) in [5, 5.41) is 14.8. The third-order valence-electron chi connectivity index (χ3n) is 6.15. The van der Waals surface area contributed by atoms with Gasteiger partial charge in [0.1, 0.15) is 5.75 Å². The smallest absolute Gasteiger partial charge is 0.341 e. The van der Waals surface area contributed by atoms with Crippen LogP contribution < -0.4 is 14.2 Å². The van der Waals surface area contributed by atoms with Crippen LogP contribution in [0.15, 0.2) is 97.1 Å². The average molecular weight is 541 g/mol. The zero-order valence-corrected chi connectivity index (χ0v) is 22.1. The summed E-state index contributed by atoms with van der Waals surface area (Å²) in [6, 6.07) is 30.4. The van der Waals surface area contributed by atoms with Crippen molar-refractivity contribution in [1.82, 2.24) is 9.78 Å². The number of halogens is 1. The lowest BCUT2D eigenvalue weighted by Gasteiger charge is -2.14. The highest BCUT2D eigenvalue weighted by Gasteiger charge is 2.21. The summed E-state index contributed by atoms with van der Waals surface area (Å²) >= 11 is 6.35. The summed E-state index contributed by atoms with van der Waals surface area (Å²) in [4.78, 5) is 11.3. The van der Waals surface area contributed by atoms with E-state index < -0.39 is 12.6 Å². The molecule has 0 amide bonds. The first kappa shape index (κ1) is 25.9. The lowest BCUT2D eigenvalue weighted by molar-refractivity contribution is -0.139. The van der Waals surface area contributed by atoms with Crippen LogP contribution in [0.1, 0.15) is 0 Å². The lowest BCUT2D eigenvalue weighted by atomic mass is 10.0. The van der Waals surface area contributed by atoms with Crippen LogP contribution in [0.2, 0.25) is 5.02 Å². The van der Waals surface area contributed by atoms with E-state index in [0.717, 1.165) is 28.1 Å². The first-order chi connectivity index (χ1) is 19.0. The number of carboxylic acid groups (broad SMARTS) is 1. The second kappa shape index (κ2) is 11.3. The summed E-state index contributed by atoms with van der Waals surface area (Å²) in [6.45, 7) is -0.483. The highest BCUT2D eigenvalue weighted by molar-refractivity contribution is 6.30. The van der Waals surface area contributed by atoms with E-state index in [2.05, 4.69) is 0 Å². The van der Waals surface area contributed by atoms with Crippen molar-refractivity contribution >= 4 is 17.6 Å². The van der Waals surface area contributed by atoms with Crippen molar-refractivity contribution in [2.45, 2.75) is 0 Å². The standard InChI is InChI=1S/C31H25ClN2O5/c1-37-29-13-7-12-24(31(29)38-2)27-18-26(33-34(27)23-11-6-10-22(32)17-23)25-16-21(20-8-4-3-5-9-20)14-15-28(25)39-19-30(35)36/h3-18H,19H2,1-2H3,(H,35,36). The van der Waals surface area contributed by atoms with Crippen molar-refractivity contribution in [2.24, 2.45) is 0 Å². The van der Waals surface area contributed by atoms with Crippen LogP contribution >= 0.6 is 11.6 Å². The Morgan fingerprint density at radius 2 is 1.62 bits per heavy atom. The number of carboxylic acids is 1. The molecule has 7 nitrogen and oxygen atoms in total. The molecule has 0 aliphatic heterocycles. The minimum Gasteiger partial charge on any atom is -0.493 e. The predicted molar refractivity (Wildman–Crippen MR) is 151 cm³/mol. The van der Waals surface area contributed by atoms with Gasteiger partial charge in [-0.3, -0.25) is 0 Å². The molecule has 1 N–H and O–H groups in total. The molecule has 0 unspecified atom stereocenters. The van der Waals surface area contributed by atoms with Crippen LogP contribution in [0.25, 0.3) is 39.3 Å². The van der Waals surface area contributed by atoms with Crippen molar-refractivity contribution in [3.8, 4) is 56.6 Å². The molecule has 0 bridgehead atoms. The van der Waals surface area contributed by atoms with E-state index in [9.17, 15) is 9.90 Å². The number of carbonyl (C=O) groups is 1. The molecule has 0 aliphatic carbocycles. The third-order valence-corrected chi connectivity index (χ3v) is 6.39. The van der Waals surface area contributed by atoms with Gasteiger partial charge in [0, 0.05) is 16.1 Å². The predicted octanol–water partition coefficient (Wildman–Crippen LogP) is 7.01. The van der Waals surface area contributed by atoms with Crippen molar-refractivity contribution in [3.63, 3.8) is 0 Å². The van der Waals surface area contributed by atoms with Gasteiger partial charge in [0.25, 0.3) is 0 Å². The number of benzene rings is 4. The molecule has 8 heteroatoms. The molecule has 1 aromatic heterocycles. The van der Waals surface area contributed by atoms with E-state index in [-0.39, 0.29) is 0 Å². The van der Waals surface area contributed by atoms with Gasteiger partial charge in [-0.1, -0.05) is 60.1 Å². The van der Waals surface area contributed by atoms with Gasteiger partial charge in [0.05, 0.1) is 31.3 Å². The fourth-order valence-electron chi connectivity index (χ4n) is 4.40. The molecule has 5 rings (SSSR count). The SMILES string of the molecule is COc1cccc(-c2cc(-c3cc(-c4ccccc4)ccc3OCC(=O)O)nn2-c2cccc(Cl)c2)c1OC. The van der Waals surface area contributed by atoms with E-state index in [1.165, 1.54) is 0 Å². The average Bonchev–Trinajstić information content (AvgIpc) is 3.41. The minimum absolute atomic E-state index is 0.400. The minimum atomic E-state index is -1.07. The molecule has 0 spiro atoms. The molecule has 0 fully saturated rings. The summed E-state index contributed by atoms with van der Waals surface area (Å²) in [6.07, 6.45) is 0. The van der Waals surface area contributed by atoms with E-state index in [1.807, 2.05) is 84.9 Å². The van der Waals surface area contributed by atoms with Crippen LogP contribution in [0, 0.1) is 0 Å². The summed E-state index contributed by atoms with van der Waals surface area (Å²) in [5.74, 6) is 0.457. The molecule has 0 saturated carbocycles. The largest absolute Gasteiger partial charge is 0.493 e. The van der Waals surface area contributed by atoms with Gasteiger partial charge >= 0.3 is 5.97 Å². The Balaban J connectivity index is 1.75. The van der Waals surface area contributed by atoms with Crippen LogP contribution in [0.4, 0.5) is 0 Å². The number of hydrogen-bond acceptors (Lipinski definition) is 5. The maximum Gasteiger partial charge on any atom is 0.341 e. The fraction of sp³-hybridized carbons (Fsp3) is 0.0968. The summed E-state index contributed by atoms with van der Waals surface area (Å²) in [7, 11) is 3.17. The number of rotatable bonds is 9. The second-order valence-electron chi connectivity index (χ2n) is 8.61. The zero-order valence-electron chi connectivity index (χ0n) is 21.3. The lowest BCUT2D eigenvalue weighted by Crippen LogP contribution is -2.10. The summed E-state index contributed by atoms with van der Waals surface area (Å²) in [5.41, 5.74) is 5.37. The topological polar surface area (TPSA) is 82.8 Å². The Kier molecular flexibility index (Phi) is 7.52. The third kappa shape index (κ3) is 5.44. The molecular formula is C31H25ClN2O5. The van der Waals surface area contributed by atoms with Crippen LogP contribution in [0.5, 0.6) is 17.2 Å². The van der Waals surface area contributed by atoms with Gasteiger partial charge in [-0.25, -0.2) is 9.48 Å². The quantitative estimate of drug-likeness (QED) is 0.216. The first-order valence-electron chi connectivity index (χ1n) is 12.1. The zero-order chi connectivity index (χ0) is 27.4. The van der Waals surface area contributed by atoms with E-state index in [4.69, 9.17) is 30.9 Å². The molecule has 4 aromatic carbocycles. The maximum atomic E-state index is 11.3. The van der Waals surface area contributed by atoms with Gasteiger partial charge in [0.2, 0.25) is 0 Å². The molecule has 0 radical (unpaired) electrons. The number of aromatic nitrogens is 2. The van der Waals surface area contributed by atoms with Crippen molar-refractivity contribution in [2.75, 3.05) is 20.8 Å². The van der Waals surface area contributed by atoms with Gasteiger partial charge in [0.15, 0.2) is 18.1 Å². The number of aliphatic carboxylic acids is 1. The highest BCUT2D eigenvalue weighted by atomic mass is 35.5. The number of hydrogen-bond donors (Lipinski definition) is 1. The second-order valence-corrected chi connectivity index (χ2v) is 9.04. The van der Waals surface area contributed by atoms with Gasteiger partial charge in [-0.15, -0.1) is 0 Å². The van der Waals surface area contributed by atoms with E-state index in [0.29, 0.717) is 33.5 Å². The Morgan fingerprint density at radius 1 is 0.821 bits per heavy atom. The molecule has 1 heterocycles. The Labute approximate surface area is 230 Å². The summed E-state index contributed by atoms with van der Waals surface area (Å²) < 4.78 is 18.7. The van der Waals surface area contributed by atoms with Crippen molar-refractivity contribution in [1.29, 1.82) is 0 Å².